The van der Waals surface area contributed by atoms with Gasteiger partial charge in [-0.2, -0.15) is 0 Å². The molecule has 17 heavy (non-hydrogen) atoms. The average Bonchev–Trinajstić information content (AvgIpc) is 3.06. The van der Waals surface area contributed by atoms with Crippen molar-refractivity contribution in [1.82, 2.24) is 15.5 Å². The van der Waals surface area contributed by atoms with Crippen molar-refractivity contribution in [3.05, 3.63) is 0 Å². The van der Waals surface area contributed by atoms with Crippen LogP contribution in [0.5, 0.6) is 0 Å². The molecule has 1 aliphatic carbocycles. The molecule has 0 unspecified atom stereocenters. The van der Waals surface area contributed by atoms with Crippen molar-refractivity contribution in [3.63, 3.8) is 0 Å². The van der Waals surface area contributed by atoms with Crippen LogP contribution in [0.3, 0.4) is 0 Å². The van der Waals surface area contributed by atoms with Crippen LogP contribution in [0.25, 0.3) is 0 Å². The minimum atomic E-state index is 0.145. The van der Waals surface area contributed by atoms with Crippen molar-refractivity contribution in [2.75, 3.05) is 26.7 Å². The van der Waals surface area contributed by atoms with Gasteiger partial charge in [0.1, 0.15) is 0 Å². The monoisotopic (exact) mass is 241 g/mol. The lowest BCUT2D eigenvalue weighted by Crippen LogP contribution is -2.35. The highest BCUT2D eigenvalue weighted by Crippen LogP contribution is 2.18. The Morgan fingerprint density at radius 3 is 2.65 bits per heavy atom. The number of unbranched alkanes of at least 4 members (excludes halogenated alkanes) is 1. The third-order valence-corrected chi connectivity index (χ3v) is 3.22. The third kappa shape index (κ3) is 7.34. The summed E-state index contributed by atoms with van der Waals surface area (Å²) in [6.07, 6.45) is 4.64. The standard InChI is InChI=1S/C13H27N3O/c1-11(2)16(3)9-5-4-8-14-10-13(17)15-12-6-7-12/h11-12,14H,4-10H2,1-3H3,(H,15,17). The predicted molar refractivity (Wildman–Crippen MR) is 71.0 cm³/mol. The van der Waals surface area contributed by atoms with Gasteiger partial charge in [0.15, 0.2) is 0 Å². The number of hydrogen-bond acceptors (Lipinski definition) is 3. The first-order chi connectivity index (χ1) is 8.09. The molecule has 0 aromatic heterocycles. The number of amides is 1. The van der Waals surface area contributed by atoms with Crippen molar-refractivity contribution in [2.24, 2.45) is 0 Å². The molecule has 100 valence electrons. The summed E-state index contributed by atoms with van der Waals surface area (Å²) in [7, 11) is 2.15. The van der Waals surface area contributed by atoms with E-state index >= 15 is 0 Å². The molecular weight excluding hydrogens is 214 g/mol. The molecule has 4 nitrogen and oxygen atoms in total. The smallest absolute Gasteiger partial charge is 0.234 e. The zero-order valence-electron chi connectivity index (χ0n) is 11.5. The SMILES string of the molecule is CC(C)N(C)CCCCNCC(=O)NC1CC1. The van der Waals surface area contributed by atoms with Crippen LogP contribution < -0.4 is 10.6 Å². The summed E-state index contributed by atoms with van der Waals surface area (Å²) < 4.78 is 0. The van der Waals surface area contributed by atoms with Crippen LogP contribution in [-0.2, 0) is 4.79 Å². The average molecular weight is 241 g/mol. The fraction of sp³-hybridized carbons (Fsp3) is 0.923. The van der Waals surface area contributed by atoms with Gasteiger partial charge in [-0.15, -0.1) is 0 Å². The minimum Gasteiger partial charge on any atom is -0.352 e. The Morgan fingerprint density at radius 1 is 1.35 bits per heavy atom. The topological polar surface area (TPSA) is 44.4 Å². The highest BCUT2D eigenvalue weighted by Gasteiger charge is 2.22. The van der Waals surface area contributed by atoms with Crippen molar-refractivity contribution >= 4 is 5.91 Å². The van der Waals surface area contributed by atoms with Crippen LogP contribution in [0.4, 0.5) is 0 Å². The lowest BCUT2D eigenvalue weighted by molar-refractivity contribution is -0.120. The number of carbonyl (C=O) groups excluding carboxylic acids is 1. The van der Waals surface area contributed by atoms with E-state index in [-0.39, 0.29) is 5.91 Å². The molecule has 0 atom stereocenters. The van der Waals surface area contributed by atoms with Gasteiger partial charge in [-0.05, 0) is 59.7 Å². The van der Waals surface area contributed by atoms with Crippen LogP contribution in [0.2, 0.25) is 0 Å². The minimum absolute atomic E-state index is 0.145. The van der Waals surface area contributed by atoms with Gasteiger partial charge in [0, 0.05) is 12.1 Å². The largest absolute Gasteiger partial charge is 0.352 e. The Bertz CT molecular complexity index is 227. The van der Waals surface area contributed by atoms with E-state index in [4.69, 9.17) is 0 Å². The fourth-order valence-corrected chi connectivity index (χ4v) is 1.58. The van der Waals surface area contributed by atoms with E-state index in [1.54, 1.807) is 0 Å². The molecule has 1 amide bonds. The summed E-state index contributed by atoms with van der Waals surface area (Å²) >= 11 is 0. The highest BCUT2D eigenvalue weighted by atomic mass is 16.2. The van der Waals surface area contributed by atoms with Crippen LogP contribution in [0.1, 0.15) is 39.5 Å². The van der Waals surface area contributed by atoms with Crippen LogP contribution >= 0.6 is 0 Å². The molecule has 0 aromatic rings. The maximum atomic E-state index is 11.3. The zero-order chi connectivity index (χ0) is 12.7. The molecule has 1 aliphatic rings. The van der Waals surface area contributed by atoms with Crippen LogP contribution in [0, 0.1) is 0 Å². The van der Waals surface area contributed by atoms with Gasteiger partial charge in [0.05, 0.1) is 6.54 Å². The maximum Gasteiger partial charge on any atom is 0.234 e. The van der Waals surface area contributed by atoms with E-state index in [9.17, 15) is 4.79 Å². The Labute approximate surface area is 105 Å². The lowest BCUT2D eigenvalue weighted by Gasteiger charge is -2.20. The molecular formula is C13H27N3O. The van der Waals surface area contributed by atoms with Crippen LogP contribution in [-0.4, -0.2) is 49.6 Å². The summed E-state index contributed by atoms with van der Waals surface area (Å²) in [5, 5.41) is 6.16. The second-order valence-electron chi connectivity index (χ2n) is 5.30. The first kappa shape index (κ1) is 14.5. The first-order valence-electron chi connectivity index (χ1n) is 6.80. The summed E-state index contributed by atoms with van der Waals surface area (Å²) in [5.74, 6) is 0.145. The van der Waals surface area contributed by atoms with Gasteiger partial charge in [0.25, 0.3) is 0 Å². The molecule has 0 bridgehead atoms. The molecule has 0 radical (unpaired) electrons. The zero-order valence-corrected chi connectivity index (χ0v) is 11.5. The van der Waals surface area contributed by atoms with E-state index in [0.717, 1.165) is 32.4 Å². The molecule has 1 rings (SSSR count). The summed E-state index contributed by atoms with van der Waals surface area (Å²) in [6.45, 7) is 6.95. The molecule has 1 fully saturated rings. The molecule has 0 spiro atoms. The Hall–Kier alpha value is -0.610. The molecule has 4 heteroatoms. The summed E-state index contributed by atoms with van der Waals surface area (Å²) in [5.41, 5.74) is 0. The van der Waals surface area contributed by atoms with E-state index < -0.39 is 0 Å². The predicted octanol–water partition coefficient (Wildman–Crippen LogP) is 0.975. The third-order valence-electron chi connectivity index (χ3n) is 3.22. The number of carbonyl (C=O) groups is 1. The number of hydrogen-bond donors (Lipinski definition) is 2. The van der Waals surface area contributed by atoms with Crippen molar-refractivity contribution in [3.8, 4) is 0 Å². The van der Waals surface area contributed by atoms with Gasteiger partial charge in [-0.3, -0.25) is 4.79 Å². The Morgan fingerprint density at radius 2 is 2.06 bits per heavy atom. The van der Waals surface area contributed by atoms with E-state index in [1.807, 2.05) is 0 Å². The first-order valence-corrected chi connectivity index (χ1v) is 6.80. The van der Waals surface area contributed by atoms with Crippen molar-refractivity contribution in [1.29, 1.82) is 0 Å². The fourth-order valence-electron chi connectivity index (χ4n) is 1.58. The quantitative estimate of drug-likeness (QED) is 0.591. The van der Waals surface area contributed by atoms with E-state index in [0.29, 0.717) is 18.6 Å². The summed E-state index contributed by atoms with van der Waals surface area (Å²) in [4.78, 5) is 13.7. The van der Waals surface area contributed by atoms with Gasteiger partial charge in [0.2, 0.25) is 5.91 Å². The van der Waals surface area contributed by atoms with Crippen molar-refractivity contribution in [2.45, 2.75) is 51.6 Å². The Balaban J connectivity index is 1.85. The molecule has 0 heterocycles. The molecule has 1 saturated carbocycles. The second-order valence-corrected chi connectivity index (χ2v) is 5.30. The molecule has 0 aromatic carbocycles. The molecule has 2 N–H and O–H groups in total. The normalized spacial score (nSPS) is 15.6. The summed E-state index contributed by atoms with van der Waals surface area (Å²) in [6, 6.07) is 1.09. The number of rotatable bonds is 9. The lowest BCUT2D eigenvalue weighted by atomic mass is 10.2. The highest BCUT2D eigenvalue weighted by molar-refractivity contribution is 5.78. The Kier molecular flexibility index (Phi) is 6.52. The molecule has 0 saturated heterocycles. The van der Waals surface area contributed by atoms with E-state index in [1.165, 1.54) is 6.42 Å². The maximum absolute atomic E-state index is 11.3. The number of nitrogens with one attached hydrogen (secondary N) is 2. The number of nitrogens with zero attached hydrogens (tertiary/aromatic N) is 1. The van der Waals surface area contributed by atoms with Gasteiger partial charge < -0.3 is 15.5 Å². The van der Waals surface area contributed by atoms with Crippen molar-refractivity contribution < 1.29 is 4.79 Å². The molecule has 0 aliphatic heterocycles. The van der Waals surface area contributed by atoms with Gasteiger partial charge >= 0.3 is 0 Å². The van der Waals surface area contributed by atoms with Gasteiger partial charge in [-0.1, -0.05) is 0 Å². The van der Waals surface area contributed by atoms with E-state index in [2.05, 4.69) is 36.4 Å². The van der Waals surface area contributed by atoms with Gasteiger partial charge in [-0.25, -0.2) is 0 Å². The van der Waals surface area contributed by atoms with Crippen LogP contribution in [0.15, 0.2) is 0 Å². The second kappa shape index (κ2) is 7.67.